The number of nitrogens with two attached hydrogens (primary N) is 1. The number of benzene rings is 1. The van der Waals surface area contributed by atoms with E-state index in [0.717, 1.165) is 11.1 Å². The molecule has 1 aromatic rings. The standard InChI is InChI=1S/C17H25N3O4S/c1-17(2,10-19-16(22)5-6-18)11-20-25(23,24)15-4-3-12-7-14(21)8-13(12)9-15/h3-4,9,20H,5-8,10-11,18H2,1-2H3,(H,19,22). The highest BCUT2D eigenvalue weighted by Gasteiger charge is 2.25. The summed E-state index contributed by atoms with van der Waals surface area (Å²) < 4.78 is 27.6. The highest BCUT2D eigenvalue weighted by Crippen LogP contribution is 2.23. The van der Waals surface area contributed by atoms with Crippen LogP contribution in [0.25, 0.3) is 0 Å². The SMILES string of the molecule is CC(C)(CNC(=O)CCN)CNS(=O)(=O)c1ccc2c(c1)CC(=O)C2. The monoisotopic (exact) mass is 367 g/mol. The van der Waals surface area contributed by atoms with Gasteiger partial charge in [0.25, 0.3) is 0 Å². The van der Waals surface area contributed by atoms with Gasteiger partial charge in [-0.2, -0.15) is 0 Å². The number of Topliss-reactive ketones (excluding diaryl/α,β-unsaturated/α-hetero) is 1. The summed E-state index contributed by atoms with van der Waals surface area (Å²) in [5.41, 5.74) is 6.54. The van der Waals surface area contributed by atoms with Crippen LogP contribution in [0.4, 0.5) is 0 Å². The van der Waals surface area contributed by atoms with Crippen molar-refractivity contribution in [3.63, 3.8) is 0 Å². The van der Waals surface area contributed by atoms with Gasteiger partial charge < -0.3 is 11.1 Å². The van der Waals surface area contributed by atoms with Crippen molar-refractivity contribution in [2.75, 3.05) is 19.6 Å². The number of fused-ring (bicyclic) bond motifs is 1. The quantitative estimate of drug-likeness (QED) is 0.603. The molecule has 25 heavy (non-hydrogen) atoms. The summed E-state index contributed by atoms with van der Waals surface area (Å²) in [7, 11) is -3.68. The molecule has 0 atom stereocenters. The first-order chi connectivity index (χ1) is 11.6. The predicted molar refractivity (Wildman–Crippen MR) is 94.5 cm³/mol. The van der Waals surface area contributed by atoms with E-state index in [-0.39, 0.29) is 42.5 Å². The number of ketones is 1. The van der Waals surface area contributed by atoms with Crippen LogP contribution in [0, 0.1) is 5.41 Å². The third kappa shape index (κ3) is 5.35. The third-order valence-electron chi connectivity index (χ3n) is 4.14. The number of hydrogen-bond donors (Lipinski definition) is 3. The van der Waals surface area contributed by atoms with E-state index in [1.54, 1.807) is 12.1 Å². The molecule has 4 N–H and O–H groups in total. The average Bonchev–Trinajstić information content (AvgIpc) is 2.91. The number of hydrogen-bond acceptors (Lipinski definition) is 5. The van der Waals surface area contributed by atoms with Gasteiger partial charge in [-0.25, -0.2) is 13.1 Å². The molecule has 0 saturated carbocycles. The van der Waals surface area contributed by atoms with E-state index in [9.17, 15) is 18.0 Å². The van der Waals surface area contributed by atoms with Gasteiger partial charge in [-0.05, 0) is 28.7 Å². The van der Waals surface area contributed by atoms with Crippen LogP contribution in [0.1, 0.15) is 31.4 Å². The summed E-state index contributed by atoms with van der Waals surface area (Å²) in [4.78, 5) is 23.1. The fourth-order valence-corrected chi connectivity index (χ4v) is 3.88. The second kappa shape index (κ2) is 7.63. The van der Waals surface area contributed by atoms with Crippen LogP contribution in [0.3, 0.4) is 0 Å². The van der Waals surface area contributed by atoms with Crippen molar-refractivity contribution in [1.29, 1.82) is 0 Å². The van der Waals surface area contributed by atoms with E-state index in [0.29, 0.717) is 13.0 Å². The zero-order chi connectivity index (χ0) is 18.7. The van der Waals surface area contributed by atoms with Crippen molar-refractivity contribution < 1.29 is 18.0 Å². The van der Waals surface area contributed by atoms with Crippen molar-refractivity contribution in [3.05, 3.63) is 29.3 Å². The molecule has 8 heteroatoms. The normalized spacial score (nSPS) is 14.4. The number of amides is 1. The summed E-state index contributed by atoms with van der Waals surface area (Å²) in [6, 6.07) is 4.79. The molecule has 1 aliphatic rings. The maximum absolute atomic E-state index is 12.5. The first-order valence-corrected chi connectivity index (χ1v) is 9.71. The number of carbonyl (C=O) groups excluding carboxylic acids is 2. The Morgan fingerprint density at radius 1 is 1.20 bits per heavy atom. The number of sulfonamides is 1. The van der Waals surface area contributed by atoms with Crippen LogP contribution < -0.4 is 15.8 Å². The second-order valence-electron chi connectivity index (χ2n) is 7.13. The van der Waals surface area contributed by atoms with E-state index in [2.05, 4.69) is 10.0 Å². The molecule has 0 unspecified atom stereocenters. The molecular weight excluding hydrogens is 342 g/mol. The molecule has 1 aliphatic carbocycles. The fraction of sp³-hybridized carbons (Fsp3) is 0.529. The smallest absolute Gasteiger partial charge is 0.240 e. The van der Waals surface area contributed by atoms with Crippen molar-refractivity contribution in [2.24, 2.45) is 11.1 Å². The van der Waals surface area contributed by atoms with Gasteiger partial charge in [-0.1, -0.05) is 19.9 Å². The van der Waals surface area contributed by atoms with Crippen LogP contribution in [0.2, 0.25) is 0 Å². The Morgan fingerprint density at radius 3 is 2.56 bits per heavy atom. The Labute approximate surface area is 148 Å². The molecule has 138 valence electrons. The topological polar surface area (TPSA) is 118 Å². The van der Waals surface area contributed by atoms with E-state index in [1.807, 2.05) is 13.8 Å². The molecule has 0 radical (unpaired) electrons. The Balaban J connectivity index is 1.98. The van der Waals surface area contributed by atoms with Crippen LogP contribution >= 0.6 is 0 Å². The lowest BCUT2D eigenvalue weighted by Crippen LogP contribution is -2.42. The summed E-state index contributed by atoms with van der Waals surface area (Å²) in [5, 5.41) is 2.75. The highest BCUT2D eigenvalue weighted by molar-refractivity contribution is 7.89. The number of rotatable bonds is 8. The van der Waals surface area contributed by atoms with Gasteiger partial charge in [0.05, 0.1) is 4.90 Å². The molecular formula is C17H25N3O4S. The van der Waals surface area contributed by atoms with E-state index < -0.39 is 15.4 Å². The van der Waals surface area contributed by atoms with Gasteiger partial charge in [-0.3, -0.25) is 9.59 Å². The summed E-state index contributed by atoms with van der Waals surface area (Å²) >= 11 is 0. The van der Waals surface area contributed by atoms with Gasteiger partial charge in [-0.15, -0.1) is 0 Å². The van der Waals surface area contributed by atoms with Crippen LogP contribution in [-0.2, 0) is 32.5 Å². The lowest BCUT2D eigenvalue weighted by atomic mass is 9.94. The van der Waals surface area contributed by atoms with Crippen molar-refractivity contribution in [2.45, 2.75) is 38.0 Å². The molecule has 1 amide bonds. The number of carbonyl (C=O) groups is 2. The van der Waals surface area contributed by atoms with Crippen molar-refractivity contribution in [1.82, 2.24) is 10.0 Å². The van der Waals surface area contributed by atoms with E-state index in [1.165, 1.54) is 6.07 Å². The second-order valence-corrected chi connectivity index (χ2v) is 8.89. The third-order valence-corrected chi connectivity index (χ3v) is 5.54. The Bertz CT molecular complexity index is 772. The van der Waals surface area contributed by atoms with Crippen molar-refractivity contribution in [3.8, 4) is 0 Å². The van der Waals surface area contributed by atoms with Crippen molar-refractivity contribution >= 4 is 21.7 Å². The Hall–Kier alpha value is -1.77. The van der Waals surface area contributed by atoms with Gasteiger partial charge in [0.1, 0.15) is 5.78 Å². The minimum atomic E-state index is -3.68. The van der Waals surface area contributed by atoms with Gasteiger partial charge in [0.2, 0.25) is 15.9 Å². The summed E-state index contributed by atoms with van der Waals surface area (Å²) in [6.07, 6.45) is 0.908. The predicted octanol–water partition coefficient (Wildman–Crippen LogP) is 0.124. The molecule has 0 heterocycles. The first kappa shape index (κ1) is 19.6. The minimum Gasteiger partial charge on any atom is -0.355 e. The first-order valence-electron chi connectivity index (χ1n) is 8.23. The molecule has 2 rings (SSSR count). The molecule has 0 spiro atoms. The lowest BCUT2D eigenvalue weighted by Gasteiger charge is -2.25. The zero-order valence-corrected chi connectivity index (χ0v) is 15.4. The largest absolute Gasteiger partial charge is 0.355 e. The fourth-order valence-electron chi connectivity index (χ4n) is 2.59. The summed E-state index contributed by atoms with van der Waals surface area (Å²) in [6.45, 7) is 4.51. The number of nitrogens with one attached hydrogen (secondary N) is 2. The average molecular weight is 367 g/mol. The van der Waals surface area contributed by atoms with Crippen LogP contribution in [0.15, 0.2) is 23.1 Å². The van der Waals surface area contributed by atoms with Gasteiger partial charge in [0.15, 0.2) is 0 Å². The van der Waals surface area contributed by atoms with Gasteiger partial charge >= 0.3 is 0 Å². The molecule has 0 fully saturated rings. The Kier molecular flexibility index (Phi) is 5.97. The molecule has 0 bridgehead atoms. The lowest BCUT2D eigenvalue weighted by molar-refractivity contribution is -0.121. The van der Waals surface area contributed by atoms with Gasteiger partial charge in [0, 0.05) is 38.9 Å². The Morgan fingerprint density at radius 2 is 1.88 bits per heavy atom. The van der Waals surface area contributed by atoms with E-state index >= 15 is 0 Å². The van der Waals surface area contributed by atoms with Crippen LogP contribution in [0.5, 0.6) is 0 Å². The summed E-state index contributed by atoms with van der Waals surface area (Å²) in [5.74, 6) is -0.0476. The minimum absolute atomic E-state index is 0.104. The molecule has 0 saturated heterocycles. The molecule has 0 aromatic heterocycles. The highest BCUT2D eigenvalue weighted by atomic mass is 32.2. The maximum atomic E-state index is 12.5. The maximum Gasteiger partial charge on any atom is 0.240 e. The molecule has 7 nitrogen and oxygen atoms in total. The van der Waals surface area contributed by atoms with Crippen LogP contribution in [-0.4, -0.2) is 39.7 Å². The molecule has 1 aromatic carbocycles. The zero-order valence-electron chi connectivity index (χ0n) is 14.6. The van der Waals surface area contributed by atoms with E-state index in [4.69, 9.17) is 5.73 Å². The molecule has 0 aliphatic heterocycles.